The average molecular weight is 300 g/mol. The van der Waals surface area contributed by atoms with E-state index in [-0.39, 0.29) is 12.1 Å². The Morgan fingerprint density at radius 1 is 1.23 bits per heavy atom. The number of carbonyl (C=O) groups is 1. The van der Waals surface area contributed by atoms with Gasteiger partial charge in [0, 0.05) is 44.5 Å². The molecular formula is C17H24N4O. The van der Waals surface area contributed by atoms with Crippen molar-refractivity contribution in [2.75, 3.05) is 26.2 Å². The predicted molar refractivity (Wildman–Crippen MR) is 86.5 cm³/mol. The quantitative estimate of drug-likeness (QED) is 0.871. The molecule has 0 spiro atoms. The highest BCUT2D eigenvalue weighted by molar-refractivity contribution is 5.74. The summed E-state index contributed by atoms with van der Waals surface area (Å²) < 4.78 is 0. The Bertz CT molecular complexity index is 515. The lowest BCUT2D eigenvalue weighted by atomic mass is 10.1. The fourth-order valence-electron chi connectivity index (χ4n) is 3.12. The van der Waals surface area contributed by atoms with Crippen LogP contribution in [0.15, 0.2) is 36.5 Å². The van der Waals surface area contributed by atoms with E-state index in [1.807, 2.05) is 23.2 Å². The molecule has 1 unspecified atom stereocenters. The van der Waals surface area contributed by atoms with Gasteiger partial charge in [-0.15, -0.1) is 0 Å². The number of aromatic nitrogens is 1. The topological polar surface area (TPSA) is 48.5 Å². The number of pyridine rings is 1. The molecule has 22 heavy (non-hydrogen) atoms. The number of rotatable bonds is 3. The summed E-state index contributed by atoms with van der Waals surface area (Å²) in [4.78, 5) is 21.0. The summed E-state index contributed by atoms with van der Waals surface area (Å²) in [6.45, 7) is 5.54. The van der Waals surface area contributed by atoms with Crippen LogP contribution in [0.2, 0.25) is 0 Å². The number of hydrogen-bond donors (Lipinski definition) is 1. The summed E-state index contributed by atoms with van der Waals surface area (Å²) in [6.07, 6.45) is 8.03. The normalized spacial score (nSPS) is 21.0. The number of nitrogens with one attached hydrogen (secondary N) is 1. The van der Waals surface area contributed by atoms with Crippen molar-refractivity contribution in [2.24, 2.45) is 0 Å². The molecule has 1 aromatic rings. The van der Waals surface area contributed by atoms with E-state index in [1.165, 1.54) is 0 Å². The fourth-order valence-corrected chi connectivity index (χ4v) is 3.12. The van der Waals surface area contributed by atoms with E-state index in [9.17, 15) is 4.79 Å². The van der Waals surface area contributed by atoms with Crippen molar-refractivity contribution in [1.82, 2.24) is 20.1 Å². The van der Waals surface area contributed by atoms with Crippen LogP contribution in [0.5, 0.6) is 0 Å². The van der Waals surface area contributed by atoms with Crippen LogP contribution >= 0.6 is 0 Å². The standard InChI is InChI=1S/C17H24N4O/c1-14(16-8-4-5-9-18-16)20-10-12-21(13-11-20)17(22)19-15-6-2-3-7-15/h2-5,8-9,14-15H,6-7,10-13H2,1H3,(H,19,22). The molecule has 0 saturated carbocycles. The molecular weight excluding hydrogens is 276 g/mol. The van der Waals surface area contributed by atoms with Gasteiger partial charge in [-0.25, -0.2) is 4.79 Å². The molecule has 1 aliphatic heterocycles. The average Bonchev–Trinajstić information content (AvgIpc) is 3.08. The van der Waals surface area contributed by atoms with Gasteiger partial charge in [-0.05, 0) is 31.9 Å². The van der Waals surface area contributed by atoms with Crippen LogP contribution in [0.3, 0.4) is 0 Å². The minimum Gasteiger partial charge on any atom is -0.335 e. The number of amides is 2. The van der Waals surface area contributed by atoms with Crippen molar-refractivity contribution in [3.8, 4) is 0 Å². The first-order valence-corrected chi connectivity index (χ1v) is 8.09. The minimum atomic E-state index is 0.0823. The molecule has 1 N–H and O–H groups in total. The Morgan fingerprint density at radius 2 is 1.95 bits per heavy atom. The van der Waals surface area contributed by atoms with Crippen LogP contribution in [0, 0.1) is 0 Å². The third-order valence-electron chi connectivity index (χ3n) is 4.60. The number of nitrogens with zero attached hydrogens (tertiary/aromatic N) is 3. The molecule has 0 radical (unpaired) electrons. The smallest absolute Gasteiger partial charge is 0.317 e. The lowest BCUT2D eigenvalue weighted by Crippen LogP contribution is -2.53. The van der Waals surface area contributed by atoms with Gasteiger partial charge >= 0.3 is 6.03 Å². The van der Waals surface area contributed by atoms with Gasteiger partial charge in [0.25, 0.3) is 0 Å². The zero-order valence-corrected chi connectivity index (χ0v) is 13.1. The Kier molecular flexibility index (Phi) is 4.73. The largest absolute Gasteiger partial charge is 0.335 e. The van der Waals surface area contributed by atoms with E-state index in [2.05, 4.69) is 40.3 Å². The van der Waals surface area contributed by atoms with Gasteiger partial charge in [0.2, 0.25) is 0 Å². The lowest BCUT2D eigenvalue weighted by molar-refractivity contribution is 0.111. The maximum atomic E-state index is 12.3. The molecule has 2 aliphatic rings. The molecule has 5 heteroatoms. The second-order valence-electron chi connectivity index (χ2n) is 6.04. The molecule has 5 nitrogen and oxygen atoms in total. The zero-order chi connectivity index (χ0) is 15.4. The van der Waals surface area contributed by atoms with Gasteiger partial charge in [0.15, 0.2) is 0 Å². The minimum absolute atomic E-state index is 0.0823. The Hall–Kier alpha value is -1.88. The number of piperazine rings is 1. The highest BCUT2D eigenvalue weighted by Crippen LogP contribution is 2.19. The molecule has 2 heterocycles. The van der Waals surface area contributed by atoms with Crippen molar-refractivity contribution in [2.45, 2.75) is 31.8 Å². The van der Waals surface area contributed by atoms with Gasteiger partial charge < -0.3 is 10.2 Å². The first-order chi connectivity index (χ1) is 10.7. The Labute approximate surface area is 132 Å². The number of urea groups is 1. The summed E-state index contributed by atoms with van der Waals surface area (Å²) in [7, 11) is 0. The summed E-state index contributed by atoms with van der Waals surface area (Å²) in [5.74, 6) is 0. The molecule has 118 valence electrons. The third kappa shape index (κ3) is 3.47. The van der Waals surface area contributed by atoms with Crippen LogP contribution in [0.4, 0.5) is 4.79 Å². The maximum absolute atomic E-state index is 12.3. The van der Waals surface area contributed by atoms with E-state index in [4.69, 9.17) is 0 Å². The van der Waals surface area contributed by atoms with E-state index in [0.717, 1.165) is 44.7 Å². The second-order valence-corrected chi connectivity index (χ2v) is 6.04. The van der Waals surface area contributed by atoms with Gasteiger partial charge in [0.05, 0.1) is 5.69 Å². The number of carbonyl (C=O) groups excluding carboxylic acids is 1. The number of hydrogen-bond acceptors (Lipinski definition) is 3. The van der Waals surface area contributed by atoms with Crippen LogP contribution in [0.25, 0.3) is 0 Å². The summed E-state index contributed by atoms with van der Waals surface area (Å²) in [5.41, 5.74) is 1.09. The van der Waals surface area contributed by atoms with Crippen LogP contribution in [-0.4, -0.2) is 53.0 Å². The SMILES string of the molecule is CC(c1ccccn1)N1CCN(C(=O)NC2CC=CC2)CC1. The Morgan fingerprint density at radius 3 is 2.59 bits per heavy atom. The summed E-state index contributed by atoms with van der Waals surface area (Å²) in [6, 6.07) is 6.70. The van der Waals surface area contributed by atoms with Crippen LogP contribution in [0.1, 0.15) is 31.5 Å². The molecule has 2 amide bonds. The molecule has 1 aromatic heterocycles. The van der Waals surface area contributed by atoms with Crippen molar-refractivity contribution in [1.29, 1.82) is 0 Å². The maximum Gasteiger partial charge on any atom is 0.317 e. The van der Waals surface area contributed by atoms with E-state index in [0.29, 0.717) is 6.04 Å². The highest BCUT2D eigenvalue weighted by atomic mass is 16.2. The van der Waals surface area contributed by atoms with Crippen molar-refractivity contribution < 1.29 is 4.79 Å². The van der Waals surface area contributed by atoms with Crippen molar-refractivity contribution in [3.63, 3.8) is 0 Å². The van der Waals surface area contributed by atoms with E-state index in [1.54, 1.807) is 0 Å². The molecule has 1 fully saturated rings. The van der Waals surface area contributed by atoms with Crippen LogP contribution < -0.4 is 5.32 Å². The van der Waals surface area contributed by atoms with Gasteiger partial charge in [0.1, 0.15) is 0 Å². The third-order valence-corrected chi connectivity index (χ3v) is 4.60. The predicted octanol–water partition coefficient (Wildman–Crippen LogP) is 2.19. The molecule has 0 bridgehead atoms. The first-order valence-electron chi connectivity index (χ1n) is 8.09. The highest BCUT2D eigenvalue weighted by Gasteiger charge is 2.26. The molecule has 1 aliphatic carbocycles. The van der Waals surface area contributed by atoms with E-state index >= 15 is 0 Å². The van der Waals surface area contributed by atoms with Gasteiger partial charge in [-0.2, -0.15) is 0 Å². The van der Waals surface area contributed by atoms with Gasteiger partial charge in [-0.3, -0.25) is 9.88 Å². The molecule has 1 saturated heterocycles. The molecule has 1 atom stereocenters. The van der Waals surface area contributed by atoms with Crippen molar-refractivity contribution in [3.05, 3.63) is 42.2 Å². The summed E-state index contributed by atoms with van der Waals surface area (Å²) >= 11 is 0. The summed E-state index contributed by atoms with van der Waals surface area (Å²) in [5, 5.41) is 3.12. The lowest BCUT2D eigenvalue weighted by Gasteiger charge is -2.38. The monoisotopic (exact) mass is 300 g/mol. The first kappa shape index (κ1) is 15.0. The molecule has 0 aromatic carbocycles. The molecule has 3 rings (SSSR count). The van der Waals surface area contributed by atoms with E-state index < -0.39 is 0 Å². The van der Waals surface area contributed by atoms with Crippen molar-refractivity contribution >= 4 is 6.03 Å². The second kappa shape index (κ2) is 6.92. The fraction of sp³-hybridized carbons (Fsp3) is 0.529. The zero-order valence-electron chi connectivity index (χ0n) is 13.1. The van der Waals surface area contributed by atoms with Gasteiger partial charge in [-0.1, -0.05) is 18.2 Å². The van der Waals surface area contributed by atoms with Crippen LogP contribution in [-0.2, 0) is 0 Å². The Balaban J connectivity index is 1.48.